The van der Waals surface area contributed by atoms with Crippen LogP contribution in [-0.2, 0) is 9.47 Å². The minimum absolute atomic E-state index is 0.0784. The van der Waals surface area contributed by atoms with Crippen LogP contribution in [0.2, 0.25) is 0 Å². The Kier molecular flexibility index (Phi) is 13.7. The van der Waals surface area contributed by atoms with Gasteiger partial charge >= 0.3 is 6.16 Å². The fraction of sp³-hybridized carbons (Fsp3) is 0.706. The van der Waals surface area contributed by atoms with Crippen molar-refractivity contribution in [1.29, 1.82) is 0 Å². The zero-order chi connectivity index (χ0) is 16.6. The van der Waals surface area contributed by atoms with Gasteiger partial charge in [-0.15, -0.1) is 0 Å². The molecule has 0 aliphatic carbocycles. The predicted octanol–water partition coefficient (Wildman–Crippen LogP) is 3.35. The highest BCUT2D eigenvalue weighted by Gasteiger charge is 2.20. The zero-order valence-electron chi connectivity index (χ0n) is 13.4. The standard InChI is InChI=1S/C17H30O5/c1-3-14-21-17(20)22-16(4-2)15(19)12-10-8-6-5-7-9-11-13-18/h3-4,15-16,18-19H,1-2,5-14H2. The van der Waals surface area contributed by atoms with Crippen molar-refractivity contribution in [3.63, 3.8) is 0 Å². The quantitative estimate of drug-likeness (QED) is 0.292. The van der Waals surface area contributed by atoms with E-state index in [1.54, 1.807) is 0 Å². The van der Waals surface area contributed by atoms with Crippen LogP contribution in [0.4, 0.5) is 4.79 Å². The smallest absolute Gasteiger partial charge is 0.430 e. The third-order valence-corrected chi connectivity index (χ3v) is 3.32. The predicted molar refractivity (Wildman–Crippen MR) is 86.6 cm³/mol. The molecule has 2 atom stereocenters. The van der Waals surface area contributed by atoms with Crippen LogP contribution in [0.15, 0.2) is 25.3 Å². The SMILES string of the molecule is C=CCOC(=O)OC(C=C)C(O)CCCCCCCCCO. The molecule has 0 aliphatic heterocycles. The molecular weight excluding hydrogens is 284 g/mol. The van der Waals surface area contributed by atoms with Gasteiger partial charge in [0.05, 0.1) is 6.10 Å². The van der Waals surface area contributed by atoms with Gasteiger partial charge in [-0.2, -0.15) is 0 Å². The van der Waals surface area contributed by atoms with Crippen molar-refractivity contribution in [2.45, 2.75) is 63.6 Å². The van der Waals surface area contributed by atoms with E-state index in [0.717, 1.165) is 44.9 Å². The molecule has 0 fully saturated rings. The van der Waals surface area contributed by atoms with Crippen molar-refractivity contribution in [2.24, 2.45) is 0 Å². The van der Waals surface area contributed by atoms with Crippen LogP contribution in [0.5, 0.6) is 0 Å². The zero-order valence-corrected chi connectivity index (χ0v) is 13.4. The van der Waals surface area contributed by atoms with E-state index in [1.807, 2.05) is 0 Å². The normalized spacial score (nSPS) is 13.2. The van der Waals surface area contributed by atoms with E-state index in [1.165, 1.54) is 12.2 Å². The van der Waals surface area contributed by atoms with Crippen LogP contribution in [0.25, 0.3) is 0 Å². The molecule has 0 aromatic rings. The van der Waals surface area contributed by atoms with Gasteiger partial charge < -0.3 is 19.7 Å². The summed E-state index contributed by atoms with van der Waals surface area (Å²) in [6, 6.07) is 0. The van der Waals surface area contributed by atoms with Crippen molar-refractivity contribution < 1.29 is 24.5 Å². The molecule has 0 radical (unpaired) electrons. The average Bonchev–Trinajstić information content (AvgIpc) is 2.52. The fourth-order valence-electron chi connectivity index (χ4n) is 2.07. The summed E-state index contributed by atoms with van der Waals surface area (Å²) in [6.45, 7) is 7.35. The summed E-state index contributed by atoms with van der Waals surface area (Å²) in [6.07, 6.45) is 8.31. The topological polar surface area (TPSA) is 76.0 Å². The minimum Gasteiger partial charge on any atom is -0.430 e. The van der Waals surface area contributed by atoms with Gasteiger partial charge in [-0.1, -0.05) is 57.8 Å². The van der Waals surface area contributed by atoms with Crippen LogP contribution in [0.1, 0.15) is 51.4 Å². The number of aliphatic hydroxyl groups excluding tert-OH is 2. The Balaban J connectivity index is 3.73. The van der Waals surface area contributed by atoms with Crippen LogP contribution in [0.3, 0.4) is 0 Å². The maximum atomic E-state index is 11.3. The minimum atomic E-state index is -0.826. The number of carbonyl (C=O) groups excluding carboxylic acids is 1. The van der Waals surface area contributed by atoms with Gasteiger partial charge in [0.25, 0.3) is 0 Å². The Morgan fingerprint density at radius 2 is 1.64 bits per heavy atom. The van der Waals surface area contributed by atoms with Crippen molar-refractivity contribution in [3.8, 4) is 0 Å². The van der Waals surface area contributed by atoms with E-state index in [9.17, 15) is 9.90 Å². The van der Waals surface area contributed by atoms with Gasteiger partial charge in [0, 0.05) is 6.61 Å². The summed E-state index contributed by atoms with van der Waals surface area (Å²) in [5, 5.41) is 18.7. The van der Waals surface area contributed by atoms with Crippen LogP contribution >= 0.6 is 0 Å². The second kappa shape index (κ2) is 14.6. The Morgan fingerprint density at radius 3 is 2.18 bits per heavy atom. The second-order valence-electron chi connectivity index (χ2n) is 5.22. The van der Waals surface area contributed by atoms with E-state index >= 15 is 0 Å². The van der Waals surface area contributed by atoms with Crippen molar-refractivity contribution in [2.75, 3.05) is 13.2 Å². The second-order valence-corrected chi connectivity index (χ2v) is 5.22. The summed E-state index contributed by atoms with van der Waals surface area (Å²) < 4.78 is 9.69. The molecule has 0 aromatic carbocycles. The summed E-state index contributed by atoms with van der Waals surface area (Å²) >= 11 is 0. The van der Waals surface area contributed by atoms with Crippen LogP contribution in [-0.4, -0.2) is 41.8 Å². The monoisotopic (exact) mass is 314 g/mol. The van der Waals surface area contributed by atoms with Crippen LogP contribution < -0.4 is 0 Å². The summed E-state index contributed by atoms with van der Waals surface area (Å²) in [5.74, 6) is 0. The van der Waals surface area contributed by atoms with Gasteiger partial charge in [0.1, 0.15) is 12.7 Å². The molecule has 22 heavy (non-hydrogen) atoms. The summed E-state index contributed by atoms with van der Waals surface area (Å²) in [7, 11) is 0. The molecule has 0 saturated heterocycles. The first kappa shape index (κ1) is 20.7. The number of hydrogen-bond donors (Lipinski definition) is 2. The molecule has 0 bridgehead atoms. The fourth-order valence-corrected chi connectivity index (χ4v) is 2.07. The Bertz CT molecular complexity index is 303. The summed E-state index contributed by atoms with van der Waals surface area (Å²) in [5.41, 5.74) is 0. The molecule has 0 aromatic heterocycles. The number of unbranched alkanes of at least 4 members (excludes halogenated alkanes) is 6. The molecule has 5 nitrogen and oxygen atoms in total. The van der Waals surface area contributed by atoms with E-state index in [4.69, 9.17) is 14.6 Å². The Morgan fingerprint density at radius 1 is 1.05 bits per heavy atom. The highest BCUT2D eigenvalue weighted by molar-refractivity contribution is 5.60. The highest BCUT2D eigenvalue weighted by atomic mass is 16.7. The van der Waals surface area contributed by atoms with Gasteiger partial charge in [0.15, 0.2) is 0 Å². The highest BCUT2D eigenvalue weighted by Crippen LogP contribution is 2.13. The summed E-state index contributed by atoms with van der Waals surface area (Å²) in [4.78, 5) is 11.3. The molecule has 0 spiro atoms. The Labute approximate surface area is 133 Å². The molecule has 0 rings (SSSR count). The van der Waals surface area contributed by atoms with Crippen molar-refractivity contribution in [3.05, 3.63) is 25.3 Å². The lowest BCUT2D eigenvalue weighted by Crippen LogP contribution is -2.29. The molecule has 2 N–H and O–H groups in total. The molecule has 0 aliphatic rings. The van der Waals surface area contributed by atoms with Gasteiger partial charge in [-0.25, -0.2) is 4.79 Å². The van der Waals surface area contributed by atoms with E-state index in [-0.39, 0.29) is 13.2 Å². The maximum Gasteiger partial charge on any atom is 0.509 e. The lowest BCUT2D eigenvalue weighted by Gasteiger charge is -2.19. The van der Waals surface area contributed by atoms with E-state index in [0.29, 0.717) is 6.42 Å². The molecule has 128 valence electrons. The largest absolute Gasteiger partial charge is 0.509 e. The van der Waals surface area contributed by atoms with Gasteiger partial charge in [0.2, 0.25) is 0 Å². The van der Waals surface area contributed by atoms with Crippen molar-refractivity contribution >= 4 is 6.16 Å². The molecule has 0 saturated carbocycles. The Hall–Kier alpha value is -1.33. The number of aliphatic hydroxyl groups is 2. The first-order chi connectivity index (χ1) is 10.7. The van der Waals surface area contributed by atoms with Crippen LogP contribution in [0, 0.1) is 0 Å². The number of hydrogen-bond acceptors (Lipinski definition) is 5. The number of carbonyl (C=O) groups is 1. The van der Waals surface area contributed by atoms with Crippen molar-refractivity contribution in [1.82, 2.24) is 0 Å². The first-order valence-corrected chi connectivity index (χ1v) is 8.01. The van der Waals surface area contributed by atoms with Gasteiger partial charge in [-0.3, -0.25) is 0 Å². The number of ether oxygens (including phenoxy) is 2. The number of rotatable bonds is 14. The maximum absolute atomic E-state index is 11.3. The third-order valence-electron chi connectivity index (χ3n) is 3.32. The van der Waals surface area contributed by atoms with E-state index in [2.05, 4.69) is 13.2 Å². The third kappa shape index (κ3) is 11.3. The van der Waals surface area contributed by atoms with Gasteiger partial charge in [-0.05, 0) is 18.9 Å². The first-order valence-electron chi connectivity index (χ1n) is 8.01. The molecule has 0 amide bonds. The molecular formula is C17H30O5. The lowest BCUT2D eigenvalue weighted by atomic mass is 10.0. The molecule has 5 heteroatoms. The average molecular weight is 314 g/mol. The lowest BCUT2D eigenvalue weighted by molar-refractivity contribution is -0.0114. The molecule has 0 heterocycles. The van der Waals surface area contributed by atoms with E-state index < -0.39 is 18.4 Å². The molecule has 2 unspecified atom stereocenters.